The maximum atomic E-state index is 14.5. The Bertz CT molecular complexity index is 1080. The Hall–Kier alpha value is -2.51. The molecule has 3 aromatic rings. The van der Waals surface area contributed by atoms with E-state index in [4.69, 9.17) is 4.52 Å². The molecule has 4 rings (SSSR count). The number of benzene rings is 3. The Morgan fingerprint density at radius 3 is 2.11 bits per heavy atom. The van der Waals surface area contributed by atoms with Crippen LogP contribution >= 0.6 is 7.37 Å². The van der Waals surface area contributed by atoms with E-state index in [-0.39, 0.29) is 5.75 Å². The molecule has 0 saturated carbocycles. The third-order valence-corrected chi connectivity index (χ3v) is 8.77. The highest BCUT2D eigenvalue weighted by Crippen LogP contribution is 2.66. The lowest BCUT2D eigenvalue weighted by Gasteiger charge is -2.39. The van der Waals surface area contributed by atoms with Gasteiger partial charge >= 0.3 is 0 Å². The fourth-order valence-electron chi connectivity index (χ4n) is 3.81. The molecule has 1 N–H and O–H groups in total. The summed E-state index contributed by atoms with van der Waals surface area (Å²) in [5.41, 5.74) is 4.37. The van der Waals surface area contributed by atoms with Crippen LogP contribution in [0.1, 0.15) is 30.5 Å². The van der Waals surface area contributed by atoms with Crippen LogP contribution in [0.3, 0.4) is 0 Å². The van der Waals surface area contributed by atoms with Crippen LogP contribution in [0.15, 0.2) is 60.7 Å². The van der Waals surface area contributed by atoms with Gasteiger partial charge < -0.3 is 9.63 Å². The number of para-hydroxylation sites is 1. The molecule has 0 aromatic heterocycles. The molecular weight excluding hydrogens is 355 g/mol. The molecule has 27 heavy (non-hydrogen) atoms. The topological polar surface area (TPSA) is 46.5 Å². The van der Waals surface area contributed by atoms with E-state index in [1.807, 2.05) is 88.4 Å². The first-order valence-corrected chi connectivity index (χ1v) is 10.7. The third-order valence-electron chi connectivity index (χ3n) is 5.56. The maximum Gasteiger partial charge on any atom is 0.287 e. The number of hydrogen-bond acceptors (Lipinski definition) is 3. The molecule has 0 aliphatic carbocycles. The largest absolute Gasteiger partial charge is 0.507 e. The van der Waals surface area contributed by atoms with Gasteiger partial charge in [0.1, 0.15) is 11.5 Å². The van der Waals surface area contributed by atoms with E-state index >= 15 is 0 Å². The molecule has 3 aromatic carbocycles. The van der Waals surface area contributed by atoms with Crippen molar-refractivity contribution < 1.29 is 14.2 Å². The molecule has 1 aliphatic rings. The molecule has 1 atom stereocenters. The highest BCUT2D eigenvalue weighted by Gasteiger charge is 2.49. The lowest BCUT2D eigenvalue weighted by Crippen LogP contribution is -2.31. The van der Waals surface area contributed by atoms with Gasteiger partial charge in [-0.1, -0.05) is 48.5 Å². The lowest BCUT2D eigenvalue weighted by atomic mass is 9.97. The van der Waals surface area contributed by atoms with Crippen LogP contribution in [0.5, 0.6) is 11.5 Å². The molecule has 4 heteroatoms. The first kappa shape index (κ1) is 17.9. The molecule has 138 valence electrons. The highest BCUT2D eigenvalue weighted by molar-refractivity contribution is 7.68. The van der Waals surface area contributed by atoms with E-state index in [9.17, 15) is 9.67 Å². The summed E-state index contributed by atoms with van der Waals surface area (Å²) in [7, 11) is -3.30. The molecule has 1 unspecified atom stereocenters. The summed E-state index contributed by atoms with van der Waals surface area (Å²) in [6.45, 7) is 7.65. The standard InChI is InChI=1S/C23H23O3P/c1-15-13-17(14-16(2)22(15)24)23(3,4)27(25)21-12-8-6-10-19(21)18-9-5-7-11-20(18)26-27/h5-14,24H,1-4H3. The number of aromatic hydroxyl groups is 1. The van der Waals surface area contributed by atoms with E-state index in [1.54, 1.807) is 0 Å². The summed E-state index contributed by atoms with van der Waals surface area (Å²) < 4.78 is 20.7. The summed E-state index contributed by atoms with van der Waals surface area (Å²) >= 11 is 0. The second-order valence-electron chi connectivity index (χ2n) is 7.67. The van der Waals surface area contributed by atoms with Crippen molar-refractivity contribution >= 4 is 12.7 Å². The summed E-state index contributed by atoms with van der Waals surface area (Å²) in [6, 6.07) is 19.4. The fraction of sp³-hybridized carbons (Fsp3) is 0.217. The predicted octanol–water partition coefficient (Wildman–Crippen LogP) is 5.91. The second-order valence-corrected chi connectivity index (χ2v) is 10.6. The Kier molecular flexibility index (Phi) is 3.98. The quantitative estimate of drug-likeness (QED) is 0.564. The maximum absolute atomic E-state index is 14.5. The summed E-state index contributed by atoms with van der Waals surface area (Å²) in [6.07, 6.45) is 0. The van der Waals surface area contributed by atoms with Gasteiger partial charge in [0, 0.05) is 5.56 Å². The van der Waals surface area contributed by atoms with Crippen molar-refractivity contribution in [3.8, 4) is 22.6 Å². The smallest absolute Gasteiger partial charge is 0.287 e. The van der Waals surface area contributed by atoms with Gasteiger partial charge in [-0.25, -0.2) is 0 Å². The van der Waals surface area contributed by atoms with Gasteiger partial charge in [-0.2, -0.15) is 0 Å². The van der Waals surface area contributed by atoms with E-state index in [2.05, 4.69) is 0 Å². The van der Waals surface area contributed by atoms with Gasteiger partial charge in [0.25, 0.3) is 7.37 Å². The van der Waals surface area contributed by atoms with Crippen molar-refractivity contribution in [1.29, 1.82) is 0 Å². The van der Waals surface area contributed by atoms with Crippen molar-refractivity contribution in [1.82, 2.24) is 0 Å². The highest BCUT2D eigenvalue weighted by atomic mass is 31.2. The molecule has 0 amide bonds. The molecule has 1 heterocycles. The lowest BCUT2D eigenvalue weighted by molar-refractivity contribution is 0.453. The Labute approximate surface area is 160 Å². The van der Waals surface area contributed by atoms with Crippen molar-refractivity contribution in [3.05, 3.63) is 77.4 Å². The van der Waals surface area contributed by atoms with Gasteiger partial charge in [-0.05, 0) is 62.1 Å². The Morgan fingerprint density at radius 1 is 0.889 bits per heavy atom. The van der Waals surface area contributed by atoms with Crippen molar-refractivity contribution in [2.75, 3.05) is 0 Å². The van der Waals surface area contributed by atoms with Crippen molar-refractivity contribution in [2.24, 2.45) is 0 Å². The summed E-state index contributed by atoms with van der Waals surface area (Å²) in [5, 5.41) is 10.1. The average molecular weight is 378 g/mol. The molecule has 0 spiro atoms. The number of aryl methyl sites for hydroxylation is 2. The number of phenols is 1. The third kappa shape index (κ3) is 2.53. The van der Waals surface area contributed by atoms with E-state index in [1.165, 1.54) is 0 Å². The van der Waals surface area contributed by atoms with Gasteiger partial charge in [0.15, 0.2) is 0 Å². The van der Waals surface area contributed by atoms with Crippen LogP contribution < -0.4 is 9.83 Å². The monoisotopic (exact) mass is 378 g/mol. The normalized spacial score (nSPS) is 18.4. The minimum Gasteiger partial charge on any atom is -0.507 e. The van der Waals surface area contributed by atoms with Crippen LogP contribution in [0.25, 0.3) is 11.1 Å². The Balaban J connectivity index is 1.97. The minimum absolute atomic E-state index is 0.281. The zero-order valence-corrected chi connectivity index (χ0v) is 16.9. The molecule has 0 radical (unpaired) electrons. The van der Waals surface area contributed by atoms with Gasteiger partial charge in [0.2, 0.25) is 0 Å². The molecule has 0 bridgehead atoms. The summed E-state index contributed by atoms with van der Waals surface area (Å²) in [5.74, 6) is 0.933. The molecule has 3 nitrogen and oxygen atoms in total. The van der Waals surface area contributed by atoms with Crippen LogP contribution in [0.4, 0.5) is 0 Å². The second kappa shape index (κ2) is 6.00. The van der Waals surface area contributed by atoms with Crippen molar-refractivity contribution in [3.63, 3.8) is 0 Å². The molecule has 0 fully saturated rings. The zero-order valence-electron chi connectivity index (χ0n) is 16.0. The first-order chi connectivity index (χ1) is 12.8. The number of fused-ring (bicyclic) bond motifs is 3. The van der Waals surface area contributed by atoms with Gasteiger partial charge in [-0.15, -0.1) is 0 Å². The predicted molar refractivity (Wildman–Crippen MR) is 110 cm³/mol. The van der Waals surface area contributed by atoms with Crippen molar-refractivity contribution in [2.45, 2.75) is 32.9 Å². The van der Waals surface area contributed by atoms with Crippen LogP contribution in [-0.2, 0) is 9.72 Å². The Morgan fingerprint density at radius 2 is 1.44 bits per heavy atom. The van der Waals surface area contributed by atoms with Crippen LogP contribution in [0.2, 0.25) is 0 Å². The van der Waals surface area contributed by atoms with Crippen LogP contribution in [0, 0.1) is 13.8 Å². The van der Waals surface area contributed by atoms with E-state index < -0.39 is 12.5 Å². The summed E-state index contributed by atoms with van der Waals surface area (Å²) in [4.78, 5) is 0. The molecule has 0 saturated heterocycles. The number of hydrogen-bond donors (Lipinski definition) is 1. The molecule has 1 aliphatic heterocycles. The molecular formula is C23H23O3P. The zero-order chi connectivity index (χ0) is 19.4. The fourth-order valence-corrected chi connectivity index (χ4v) is 6.44. The van der Waals surface area contributed by atoms with Gasteiger partial charge in [-0.3, -0.25) is 4.57 Å². The number of phenolic OH excluding ortho intramolecular Hbond substituents is 1. The minimum atomic E-state index is -3.30. The van der Waals surface area contributed by atoms with Gasteiger partial charge in [0.05, 0.1) is 10.5 Å². The number of rotatable bonds is 2. The average Bonchev–Trinajstić information content (AvgIpc) is 2.66. The van der Waals surface area contributed by atoms with Crippen LogP contribution in [-0.4, -0.2) is 5.11 Å². The van der Waals surface area contributed by atoms with E-state index in [0.29, 0.717) is 5.75 Å². The SMILES string of the molecule is Cc1cc(C(C)(C)P2(=O)Oc3ccccc3-c3ccccc32)cc(C)c1O. The van der Waals surface area contributed by atoms with E-state index in [0.717, 1.165) is 33.1 Å². The first-order valence-electron chi connectivity index (χ1n) is 9.05.